The van der Waals surface area contributed by atoms with Gasteiger partial charge in [-0.3, -0.25) is 14.5 Å². The molecular formula is C32H50N2O3. The first-order valence-electron chi connectivity index (χ1n) is 15.3. The number of likely N-dealkylation sites (tertiary alicyclic amines) is 1. The molecule has 0 radical (unpaired) electrons. The third kappa shape index (κ3) is 4.08. The first-order valence-corrected chi connectivity index (χ1v) is 15.3. The van der Waals surface area contributed by atoms with E-state index in [1.54, 1.807) is 16.0 Å². The van der Waals surface area contributed by atoms with Gasteiger partial charge in [-0.2, -0.15) is 0 Å². The molecule has 3 saturated carbocycles. The molecule has 6 aliphatic rings. The van der Waals surface area contributed by atoms with Crippen LogP contribution >= 0.6 is 0 Å². The minimum absolute atomic E-state index is 0.0892. The molecule has 0 bridgehead atoms. The third-order valence-corrected chi connectivity index (χ3v) is 12.5. The lowest BCUT2D eigenvalue weighted by molar-refractivity contribution is -0.132. The van der Waals surface area contributed by atoms with Crippen LogP contribution < -0.4 is 0 Å². The number of hydrogen-bond acceptors (Lipinski definition) is 4. The summed E-state index contributed by atoms with van der Waals surface area (Å²) in [6.07, 6.45) is 11.4. The van der Waals surface area contributed by atoms with Crippen LogP contribution in [-0.2, 0) is 14.3 Å². The molecule has 0 N–H and O–H groups in total. The van der Waals surface area contributed by atoms with Crippen molar-refractivity contribution in [3.05, 3.63) is 11.1 Å². The Morgan fingerprint density at radius 3 is 2.68 bits per heavy atom. The van der Waals surface area contributed by atoms with E-state index in [1.807, 2.05) is 14.1 Å². The molecule has 2 saturated heterocycles. The van der Waals surface area contributed by atoms with Crippen molar-refractivity contribution >= 4 is 11.7 Å². The van der Waals surface area contributed by atoms with Crippen molar-refractivity contribution in [1.82, 2.24) is 9.80 Å². The summed E-state index contributed by atoms with van der Waals surface area (Å²) in [6.45, 7) is 11.2. The Morgan fingerprint density at radius 2 is 1.92 bits per heavy atom. The summed E-state index contributed by atoms with van der Waals surface area (Å²) in [7, 11) is 3.74. The first kappa shape index (κ1) is 26.0. The molecule has 1 spiro atoms. The Kier molecular flexibility index (Phi) is 6.46. The topological polar surface area (TPSA) is 49.9 Å². The minimum Gasteiger partial charge on any atom is -0.369 e. The molecule has 2 heterocycles. The molecule has 5 fully saturated rings. The number of Topliss-reactive ketones (excluding diaryl/α,β-unsaturated/α-hetero) is 1. The van der Waals surface area contributed by atoms with Crippen LogP contribution in [0.25, 0.3) is 0 Å². The lowest BCUT2D eigenvalue weighted by atomic mass is 9.52. The molecule has 5 nitrogen and oxygen atoms in total. The second-order valence-electron chi connectivity index (χ2n) is 14.7. The van der Waals surface area contributed by atoms with Gasteiger partial charge in [-0.15, -0.1) is 0 Å². The Hall–Kier alpha value is -1.20. The van der Waals surface area contributed by atoms with Crippen molar-refractivity contribution in [2.45, 2.75) is 110 Å². The molecule has 0 aromatic heterocycles. The van der Waals surface area contributed by atoms with Crippen molar-refractivity contribution in [2.75, 3.05) is 27.2 Å². The number of nitrogens with zero attached hydrogens (tertiary/aromatic N) is 2. The lowest BCUT2D eigenvalue weighted by Gasteiger charge is -2.52. The summed E-state index contributed by atoms with van der Waals surface area (Å²) >= 11 is 0. The fraction of sp³-hybridized carbons (Fsp3) is 0.875. The van der Waals surface area contributed by atoms with E-state index in [2.05, 4.69) is 32.6 Å². The highest BCUT2D eigenvalue weighted by Gasteiger charge is 2.60. The standard InChI is InChI=1S/C32H50N2O3/c1-19-13-28-30(34(17-19)18-29(36)33(5)6)21(3)32(37-28)12-10-24-25-8-7-22-14-23(35)9-11-31(22,4)27(25)15-26(24)20(2)16-32/h19,21-22,24-25,27-28,30H,7-18H2,1-6H3/t19-,21+,22+,24-,25-,27-,28+,30-,31-,32-/m0/s1. The monoisotopic (exact) mass is 510 g/mol. The van der Waals surface area contributed by atoms with E-state index in [4.69, 9.17) is 4.74 Å². The quantitative estimate of drug-likeness (QED) is 0.462. The van der Waals surface area contributed by atoms with Gasteiger partial charge in [0.2, 0.25) is 5.91 Å². The average molecular weight is 511 g/mol. The molecule has 0 unspecified atom stereocenters. The summed E-state index contributed by atoms with van der Waals surface area (Å²) in [6, 6.07) is 0.345. The van der Waals surface area contributed by atoms with E-state index in [9.17, 15) is 9.59 Å². The van der Waals surface area contributed by atoms with E-state index in [0.29, 0.717) is 47.5 Å². The van der Waals surface area contributed by atoms with Gasteiger partial charge < -0.3 is 9.64 Å². The summed E-state index contributed by atoms with van der Waals surface area (Å²) in [5.41, 5.74) is 3.65. The smallest absolute Gasteiger partial charge is 0.236 e. The maximum Gasteiger partial charge on any atom is 0.236 e. The fourth-order valence-corrected chi connectivity index (χ4v) is 10.5. The number of amides is 1. The number of rotatable bonds is 2. The Labute approximate surface area is 224 Å². The number of likely N-dealkylation sites (N-methyl/N-ethyl adjacent to an activating group) is 1. The number of carbonyl (C=O) groups excluding carboxylic acids is 2. The molecule has 2 aliphatic heterocycles. The lowest BCUT2D eigenvalue weighted by Crippen LogP contribution is -2.54. The number of hydrogen-bond donors (Lipinski definition) is 0. The van der Waals surface area contributed by atoms with Crippen LogP contribution in [0.3, 0.4) is 0 Å². The number of piperidine rings is 1. The SMILES string of the molecule is CC1=C2C[C@H]3[C@@H](CC[C@@H]4CC(=O)CC[C@@]43C)[C@@H]2CC[C@@]2(C1)O[C@@H]1C[C@H](C)CN(CC(=O)N(C)C)[C@H]1[C@H]2C. The van der Waals surface area contributed by atoms with Crippen molar-refractivity contribution in [1.29, 1.82) is 0 Å². The van der Waals surface area contributed by atoms with Crippen molar-refractivity contribution in [2.24, 2.45) is 40.9 Å². The number of ketones is 1. The van der Waals surface area contributed by atoms with Gasteiger partial charge >= 0.3 is 0 Å². The van der Waals surface area contributed by atoms with Gasteiger partial charge in [0.1, 0.15) is 5.78 Å². The predicted molar refractivity (Wildman–Crippen MR) is 146 cm³/mol. The molecule has 4 aliphatic carbocycles. The molecule has 0 aromatic rings. The Bertz CT molecular complexity index is 989. The first-order chi connectivity index (χ1) is 17.5. The van der Waals surface area contributed by atoms with Crippen molar-refractivity contribution in [3.63, 3.8) is 0 Å². The molecule has 6 rings (SSSR count). The van der Waals surface area contributed by atoms with E-state index in [1.165, 1.54) is 25.7 Å². The van der Waals surface area contributed by atoms with Crippen molar-refractivity contribution in [3.8, 4) is 0 Å². The zero-order valence-corrected chi connectivity index (χ0v) is 24.2. The average Bonchev–Trinajstić information content (AvgIpc) is 3.29. The van der Waals surface area contributed by atoms with Crippen molar-refractivity contribution < 1.29 is 14.3 Å². The fourth-order valence-electron chi connectivity index (χ4n) is 10.5. The molecule has 1 amide bonds. The predicted octanol–water partition coefficient (Wildman–Crippen LogP) is 5.48. The van der Waals surface area contributed by atoms with Crippen LogP contribution in [0, 0.1) is 40.9 Å². The summed E-state index contributed by atoms with van der Waals surface area (Å²) < 4.78 is 7.18. The maximum absolute atomic E-state index is 12.7. The van der Waals surface area contributed by atoms with Gasteiger partial charge in [0.05, 0.1) is 18.2 Å². The second-order valence-corrected chi connectivity index (χ2v) is 14.7. The Morgan fingerprint density at radius 1 is 1.14 bits per heavy atom. The zero-order chi connectivity index (χ0) is 26.3. The highest BCUT2D eigenvalue weighted by molar-refractivity contribution is 5.79. The number of carbonyl (C=O) groups is 2. The molecule has 10 atom stereocenters. The van der Waals surface area contributed by atoms with Gasteiger partial charge in [0, 0.05) is 45.4 Å². The second kappa shape index (κ2) is 9.18. The maximum atomic E-state index is 12.7. The number of fused-ring (bicyclic) bond motifs is 6. The number of ether oxygens (including phenoxy) is 1. The third-order valence-electron chi connectivity index (χ3n) is 12.5. The van der Waals surface area contributed by atoms with Gasteiger partial charge in [-0.05, 0) is 93.3 Å². The highest BCUT2D eigenvalue weighted by atomic mass is 16.5. The van der Waals surface area contributed by atoms with Crippen LogP contribution in [0.15, 0.2) is 11.1 Å². The summed E-state index contributed by atoms with van der Waals surface area (Å²) in [5.74, 6) is 4.59. The summed E-state index contributed by atoms with van der Waals surface area (Å²) in [5, 5.41) is 0. The van der Waals surface area contributed by atoms with Crippen LogP contribution in [0.1, 0.15) is 91.9 Å². The molecule has 5 heteroatoms. The van der Waals surface area contributed by atoms with E-state index < -0.39 is 0 Å². The highest BCUT2D eigenvalue weighted by Crippen LogP contribution is 2.65. The normalized spacial score (nSPS) is 47.8. The molecular weight excluding hydrogens is 460 g/mol. The zero-order valence-electron chi connectivity index (χ0n) is 24.2. The number of allylic oxidation sites excluding steroid dienone is 1. The minimum atomic E-state index is -0.0892. The van der Waals surface area contributed by atoms with E-state index >= 15 is 0 Å². The van der Waals surface area contributed by atoms with Crippen LogP contribution in [0.5, 0.6) is 0 Å². The van der Waals surface area contributed by atoms with Crippen LogP contribution in [0.4, 0.5) is 0 Å². The molecule has 206 valence electrons. The largest absolute Gasteiger partial charge is 0.369 e. The Balaban J connectivity index is 1.25. The van der Waals surface area contributed by atoms with Gasteiger partial charge in [0.25, 0.3) is 0 Å². The van der Waals surface area contributed by atoms with Gasteiger partial charge in [0.15, 0.2) is 0 Å². The van der Waals surface area contributed by atoms with Gasteiger partial charge in [-0.25, -0.2) is 0 Å². The van der Waals surface area contributed by atoms with Crippen LogP contribution in [-0.4, -0.2) is 66.4 Å². The van der Waals surface area contributed by atoms with E-state index in [-0.39, 0.29) is 17.6 Å². The molecule has 37 heavy (non-hydrogen) atoms. The van der Waals surface area contributed by atoms with E-state index in [0.717, 1.165) is 56.9 Å². The van der Waals surface area contributed by atoms with Gasteiger partial charge in [-0.1, -0.05) is 31.9 Å². The molecule has 0 aromatic carbocycles. The van der Waals surface area contributed by atoms with Crippen LogP contribution in [0.2, 0.25) is 0 Å². The summed E-state index contributed by atoms with van der Waals surface area (Å²) in [4.78, 5) is 29.2.